The van der Waals surface area contributed by atoms with Crippen LogP contribution in [0.5, 0.6) is 5.75 Å². The number of halogens is 1. The third kappa shape index (κ3) is 2.81. The summed E-state index contributed by atoms with van der Waals surface area (Å²) in [4.78, 5) is 8.37. The highest BCUT2D eigenvalue weighted by atomic mass is 35.5. The number of nitrogens with one attached hydrogen (secondary N) is 2. The van der Waals surface area contributed by atoms with Crippen LogP contribution in [0.2, 0.25) is 5.02 Å². The summed E-state index contributed by atoms with van der Waals surface area (Å²) in [5, 5.41) is 6.62. The summed E-state index contributed by atoms with van der Waals surface area (Å²) in [5.74, 6) is 1.95. The van der Waals surface area contributed by atoms with Gasteiger partial charge in [0, 0.05) is 18.8 Å². The monoisotopic (exact) mass is 264 g/mol. The molecule has 6 heteroatoms. The van der Waals surface area contributed by atoms with Gasteiger partial charge in [0.05, 0.1) is 24.5 Å². The van der Waals surface area contributed by atoms with Crippen molar-refractivity contribution in [2.75, 3.05) is 24.8 Å². The molecule has 0 unspecified atom stereocenters. The van der Waals surface area contributed by atoms with Gasteiger partial charge in [-0.1, -0.05) is 11.6 Å². The average molecular weight is 265 g/mol. The van der Waals surface area contributed by atoms with Gasteiger partial charge in [-0.25, -0.2) is 4.98 Å². The lowest BCUT2D eigenvalue weighted by molar-refractivity contribution is 0.415. The van der Waals surface area contributed by atoms with Crippen LogP contribution in [-0.4, -0.2) is 24.1 Å². The molecule has 94 valence electrons. The van der Waals surface area contributed by atoms with Crippen LogP contribution in [0.1, 0.15) is 0 Å². The average Bonchev–Trinajstić information content (AvgIpc) is 2.41. The molecule has 2 aromatic rings. The van der Waals surface area contributed by atoms with Gasteiger partial charge in [0.1, 0.15) is 11.6 Å². The van der Waals surface area contributed by atoms with E-state index in [0.717, 1.165) is 5.69 Å². The van der Waals surface area contributed by atoms with E-state index in [1.807, 2.05) is 6.07 Å². The molecule has 0 saturated carbocycles. The molecule has 18 heavy (non-hydrogen) atoms. The first-order chi connectivity index (χ1) is 8.72. The smallest absolute Gasteiger partial charge is 0.151 e. The molecule has 1 aromatic heterocycles. The lowest BCUT2D eigenvalue weighted by Gasteiger charge is -2.09. The number of methoxy groups -OCH3 is 1. The molecule has 0 aliphatic carbocycles. The van der Waals surface area contributed by atoms with Crippen LogP contribution in [0.15, 0.2) is 30.6 Å². The first-order valence-electron chi connectivity index (χ1n) is 5.33. The SMILES string of the molecule is CNc1cncc(Nc2ccc(Cl)c(OC)c2)n1. The Morgan fingerprint density at radius 2 is 2.00 bits per heavy atom. The highest BCUT2D eigenvalue weighted by molar-refractivity contribution is 6.32. The zero-order valence-electron chi connectivity index (χ0n) is 10.1. The van der Waals surface area contributed by atoms with Gasteiger partial charge in [-0.2, -0.15) is 0 Å². The maximum atomic E-state index is 5.96. The number of hydrogen-bond donors (Lipinski definition) is 2. The Morgan fingerprint density at radius 3 is 2.72 bits per heavy atom. The molecule has 0 aliphatic heterocycles. The van der Waals surface area contributed by atoms with E-state index in [2.05, 4.69) is 20.6 Å². The van der Waals surface area contributed by atoms with E-state index in [9.17, 15) is 0 Å². The Labute approximate surface area is 110 Å². The second-order valence-electron chi connectivity index (χ2n) is 3.51. The molecule has 0 amide bonds. The molecule has 0 bridgehead atoms. The number of hydrogen-bond acceptors (Lipinski definition) is 5. The molecular formula is C12H13ClN4O. The van der Waals surface area contributed by atoms with E-state index in [0.29, 0.717) is 22.4 Å². The fraction of sp³-hybridized carbons (Fsp3) is 0.167. The van der Waals surface area contributed by atoms with Crippen LogP contribution in [0.25, 0.3) is 0 Å². The Hall–Kier alpha value is -2.01. The minimum atomic E-state index is 0.568. The molecule has 0 atom stereocenters. The number of anilines is 3. The third-order valence-corrected chi connectivity index (χ3v) is 2.63. The number of rotatable bonds is 4. The summed E-state index contributed by atoms with van der Waals surface area (Å²) in [5.41, 5.74) is 0.832. The lowest BCUT2D eigenvalue weighted by Crippen LogP contribution is -1.99. The summed E-state index contributed by atoms with van der Waals surface area (Å²) in [6.45, 7) is 0. The van der Waals surface area contributed by atoms with Gasteiger partial charge in [0.15, 0.2) is 5.82 Å². The molecule has 0 fully saturated rings. The summed E-state index contributed by atoms with van der Waals surface area (Å²) in [6, 6.07) is 5.41. The molecule has 2 rings (SSSR count). The van der Waals surface area contributed by atoms with Gasteiger partial charge in [-0.15, -0.1) is 0 Å². The van der Waals surface area contributed by atoms with Crippen molar-refractivity contribution in [2.45, 2.75) is 0 Å². The van der Waals surface area contributed by atoms with Gasteiger partial charge in [-0.05, 0) is 12.1 Å². The van der Waals surface area contributed by atoms with Crippen LogP contribution < -0.4 is 15.4 Å². The Morgan fingerprint density at radius 1 is 1.22 bits per heavy atom. The Kier molecular flexibility index (Phi) is 3.84. The van der Waals surface area contributed by atoms with Crippen molar-refractivity contribution in [3.63, 3.8) is 0 Å². The van der Waals surface area contributed by atoms with E-state index in [1.54, 1.807) is 38.7 Å². The largest absolute Gasteiger partial charge is 0.495 e. The van der Waals surface area contributed by atoms with Crippen molar-refractivity contribution in [1.29, 1.82) is 0 Å². The van der Waals surface area contributed by atoms with Gasteiger partial charge in [-0.3, -0.25) is 4.98 Å². The molecule has 0 aliphatic rings. The minimum Gasteiger partial charge on any atom is -0.495 e. The number of nitrogens with zero attached hydrogens (tertiary/aromatic N) is 2. The van der Waals surface area contributed by atoms with E-state index >= 15 is 0 Å². The topological polar surface area (TPSA) is 59.1 Å². The van der Waals surface area contributed by atoms with Gasteiger partial charge >= 0.3 is 0 Å². The normalized spacial score (nSPS) is 9.94. The van der Waals surface area contributed by atoms with Crippen molar-refractivity contribution >= 4 is 28.9 Å². The number of aromatic nitrogens is 2. The maximum absolute atomic E-state index is 5.96. The minimum absolute atomic E-state index is 0.568. The third-order valence-electron chi connectivity index (χ3n) is 2.31. The highest BCUT2D eigenvalue weighted by Crippen LogP contribution is 2.28. The molecule has 0 saturated heterocycles. The lowest BCUT2D eigenvalue weighted by atomic mass is 10.3. The zero-order valence-corrected chi connectivity index (χ0v) is 10.8. The van der Waals surface area contributed by atoms with Crippen LogP contribution in [-0.2, 0) is 0 Å². The highest BCUT2D eigenvalue weighted by Gasteiger charge is 2.03. The standard InChI is InChI=1S/C12H13ClN4O/c1-14-11-6-15-7-12(17-11)16-8-3-4-9(13)10(5-8)18-2/h3-7H,1-2H3,(H2,14,16,17). The van der Waals surface area contributed by atoms with E-state index < -0.39 is 0 Å². The Bertz CT molecular complexity index is 547. The van der Waals surface area contributed by atoms with Crippen molar-refractivity contribution in [3.8, 4) is 5.75 Å². The number of ether oxygens (including phenoxy) is 1. The van der Waals surface area contributed by atoms with Crippen molar-refractivity contribution < 1.29 is 4.74 Å². The quantitative estimate of drug-likeness (QED) is 0.889. The predicted octanol–water partition coefficient (Wildman–Crippen LogP) is 2.92. The van der Waals surface area contributed by atoms with Crippen LogP contribution in [0.4, 0.5) is 17.3 Å². The second-order valence-corrected chi connectivity index (χ2v) is 3.92. The molecule has 0 spiro atoms. The fourth-order valence-electron chi connectivity index (χ4n) is 1.43. The molecular weight excluding hydrogens is 252 g/mol. The summed E-state index contributed by atoms with van der Waals surface area (Å²) >= 11 is 5.96. The molecule has 1 aromatic carbocycles. The van der Waals surface area contributed by atoms with Gasteiger partial charge in [0.25, 0.3) is 0 Å². The van der Waals surface area contributed by atoms with Crippen LogP contribution in [0, 0.1) is 0 Å². The summed E-state index contributed by atoms with van der Waals surface area (Å²) < 4.78 is 5.15. The molecule has 5 nitrogen and oxygen atoms in total. The fourth-order valence-corrected chi connectivity index (χ4v) is 1.63. The van der Waals surface area contributed by atoms with E-state index in [4.69, 9.17) is 16.3 Å². The van der Waals surface area contributed by atoms with E-state index in [-0.39, 0.29) is 0 Å². The number of benzene rings is 1. The summed E-state index contributed by atoms with van der Waals surface area (Å²) in [6.07, 6.45) is 3.29. The van der Waals surface area contributed by atoms with E-state index in [1.165, 1.54) is 0 Å². The van der Waals surface area contributed by atoms with Crippen molar-refractivity contribution in [3.05, 3.63) is 35.6 Å². The molecule has 1 heterocycles. The molecule has 2 N–H and O–H groups in total. The van der Waals surface area contributed by atoms with Gasteiger partial charge < -0.3 is 15.4 Å². The first kappa shape index (κ1) is 12.4. The van der Waals surface area contributed by atoms with Crippen molar-refractivity contribution in [1.82, 2.24) is 9.97 Å². The second kappa shape index (κ2) is 5.55. The van der Waals surface area contributed by atoms with Crippen molar-refractivity contribution in [2.24, 2.45) is 0 Å². The zero-order chi connectivity index (χ0) is 13.0. The van der Waals surface area contributed by atoms with Crippen LogP contribution >= 0.6 is 11.6 Å². The van der Waals surface area contributed by atoms with Crippen LogP contribution in [0.3, 0.4) is 0 Å². The first-order valence-corrected chi connectivity index (χ1v) is 5.71. The predicted molar refractivity (Wildman–Crippen MR) is 72.9 cm³/mol. The maximum Gasteiger partial charge on any atom is 0.151 e. The molecule has 0 radical (unpaired) electrons. The van der Waals surface area contributed by atoms with Gasteiger partial charge in [0.2, 0.25) is 0 Å². The summed E-state index contributed by atoms with van der Waals surface area (Å²) in [7, 11) is 3.37. The Balaban J connectivity index is 2.22.